The number of H-pyrrole nitrogens is 1. The summed E-state index contributed by atoms with van der Waals surface area (Å²) in [5, 5.41) is 0.551. The largest absolute Gasteiger partial charge is 0.332 e. The van der Waals surface area contributed by atoms with Crippen LogP contribution in [0.4, 0.5) is 0 Å². The monoisotopic (exact) mass is 212 g/mol. The van der Waals surface area contributed by atoms with Gasteiger partial charge in [0.15, 0.2) is 5.28 Å². The topological polar surface area (TPSA) is 28.7 Å². The molecule has 0 spiro atoms. The van der Waals surface area contributed by atoms with E-state index in [1.807, 2.05) is 0 Å². The van der Waals surface area contributed by atoms with E-state index in [0.717, 1.165) is 0 Å². The van der Waals surface area contributed by atoms with Gasteiger partial charge in [-0.15, -0.1) is 0 Å². The Morgan fingerprint density at radius 3 is 2.57 bits per heavy atom. The van der Waals surface area contributed by atoms with E-state index in [2.05, 4.69) is 23.8 Å². The lowest BCUT2D eigenvalue weighted by Crippen LogP contribution is -2.00. The molecule has 2 nitrogen and oxygen atoms in total. The molecule has 0 amide bonds. The molecule has 0 saturated heterocycles. The minimum Gasteiger partial charge on any atom is -0.332 e. The molecule has 1 aliphatic rings. The number of hydrogen-bond acceptors (Lipinski definition) is 1. The predicted molar refractivity (Wildman–Crippen MR) is 58.9 cm³/mol. The second-order valence-corrected chi connectivity index (χ2v) is 4.82. The molecule has 0 unspecified atom stereocenters. The molecule has 0 radical (unpaired) electrons. The fraction of sp³-hybridized carbons (Fsp3) is 0.727. The van der Waals surface area contributed by atoms with Crippen molar-refractivity contribution in [2.45, 2.75) is 51.4 Å². The van der Waals surface area contributed by atoms with Crippen LogP contribution in [0.5, 0.6) is 0 Å². The first-order chi connectivity index (χ1) is 6.68. The van der Waals surface area contributed by atoms with Gasteiger partial charge in [-0.05, 0) is 30.4 Å². The van der Waals surface area contributed by atoms with Gasteiger partial charge in [0.1, 0.15) is 0 Å². The van der Waals surface area contributed by atoms with Crippen LogP contribution in [0.1, 0.15) is 62.8 Å². The fourth-order valence-corrected chi connectivity index (χ4v) is 2.53. The van der Waals surface area contributed by atoms with Crippen LogP contribution in [0, 0.1) is 0 Å². The first kappa shape index (κ1) is 10.0. The van der Waals surface area contributed by atoms with Gasteiger partial charge in [-0.25, -0.2) is 4.98 Å². The van der Waals surface area contributed by atoms with Crippen molar-refractivity contribution in [3.05, 3.63) is 16.7 Å². The molecule has 0 bridgehead atoms. The Hall–Kier alpha value is -0.500. The van der Waals surface area contributed by atoms with Crippen LogP contribution < -0.4 is 0 Å². The highest BCUT2D eigenvalue weighted by Gasteiger charge is 2.23. The zero-order valence-corrected chi connectivity index (χ0v) is 9.56. The lowest BCUT2D eigenvalue weighted by molar-refractivity contribution is 0.676. The SMILES string of the molecule is CC(C)c1nc(Cl)[nH]c1C1CCCC1. The quantitative estimate of drug-likeness (QED) is 0.793. The molecular formula is C11H17ClN2. The molecule has 1 fully saturated rings. The van der Waals surface area contributed by atoms with Gasteiger partial charge in [0, 0.05) is 11.6 Å². The molecule has 0 aliphatic heterocycles. The van der Waals surface area contributed by atoms with Gasteiger partial charge < -0.3 is 4.98 Å². The smallest absolute Gasteiger partial charge is 0.200 e. The maximum absolute atomic E-state index is 5.92. The summed E-state index contributed by atoms with van der Waals surface area (Å²) in [4.78, 5) is 7.59. The van der Waals surface area contributed by atoms with Gasteiger partial charge in [0.2, 0.25) is 0 Å². The number of rotatable bonds is 2. The number of imidazole rings is 1. The van der Waals surface area contributed by atoms with Crippen LogP contribution >= 0.6 is 11.6 Å². The third-order valence-corrected chi connectivity index (χ3v) is 3.22. The second kappa shape index (κ2) is 3.93. The Labute approximate surface area is 90.1 Å². The molecule has 78 valence electrons. The van der Waals surface area contributed by atoms with Crippen LogP contribution in [0.25, 0.3) is 0 Å². The van der Waals surface area contributed by atoms with E-state index < -0.39 is 0 Å². The fourth-order valence-electron chi connectivity index (χ4n) is 2.33. The number of nitrogens with zero attached hydrogens (tertiary/aromatic N) is 1. The first-order valence-corrected chi connectivity index (χ1v) is 5.81. The van der Waals surface area contributed by atoms with Crippen molar-refractivity contribution in [1.29, 1.82) is 0 Å². The summed E-state index contributed by atoms with van der Waals surface area (Å²) in [5.41, 5.74) is 2.46. The minimum atomic E-state index is 0.467. The standard InChI is InChI=1S/C11H17ClN2/c1-7(2)9-10(14-11(12)13-9)8-5-3-4-6-8/h7-8H,3-6H2,1-2H3,(H,13,14). The van der Waals surface area contributed by atoms with Crippen molar-refractivity contribution in [2.75, 3.05) is 0 Å². The Kier molecular flexibility index (Phi) is 2.82. The van der Waals surface area contributed by atoms with Gasteiger partial charge >= 0.3 is 0 Å². The van der Waals surface area contributed by atoms with Crippen LogP contribution in [-0.2, 0) is 0 Å². The number of halogens is 1. The lowest BCUT2D eigenvalue weighted by atomic mass is 9.97. The van der Waals surface area contributed by atoms with Crippen molar-refractivity contribution >= 4 is 11.6 Å². The van der Waals surface area contributed by atoms with E-state index in [9.17, 15) is 0 Å². The van der Waals surface area contributed by atoms with Gasteiger partial charge in [-0.3, -0.25) is 0 Å². The molecule has 14 heavy (non-hydrogen) atoms. The average Bonchev–Trinajstić information content (AvgIpc) is 2.70. The molecule has 3 heteroatoms. The zero-order valence-electron chi connectivity index (χ0n) is 8.81. The number of hydrogen-bond donors (Lipinski definition) is 1. The third-order valence-electron chi connectivity index (χ3n) is 3.04. The molecular weight excluding hydrogens is 196 g/mol. The van der Waals surface area contributed by atoms with Gasteiger partial charge in [0.25, 0.3) is 0 Å². The zero-order chi connectivity index (χ0) is 10.1. The summed E-state index contributed by atoms with van der Waals surface area (Å²) in [6.07, 6.45) is 5.27. The third kappa shape index (κ3) is 1.81. The molecule has 2 rings (SSSR count). The highest BCUT2D eigenvalue weighted by Crippen LogP contribution is 2.37. The average molecular weight is 213 g/mol. The minimum absolute atomic E-state index is 0.467. The van der Waals surface area contributed by atoms with Gasteiger partial charge in [0.05, 0.1) is 5.69 Å². The molecule has 1 aliphatic carbocycles. The molecule has 1 N–H and O–H groups in total. The summed E-state index contributed by atoms with van der Waals surface area (Å²) >= 11 is 5.92. The lowest BCUT2D eigenvalue weighted by Gasteiger charge is -2.10. The number of aromatic nitrogens is 2. The molecule has 1 aromatic rings. The summed E-state index contributed by atoms with van der Waals surface area (Å²) in [5.74, 6) is 1.14. The van der Waals surface area contributed by atoms with Crippen molar-refractivity contribution in [3.63, 3.8) is 0 Å². The molecule has 0 atom stereocenters. The number of nitrogens with one attached hydrogen (secondary N) is 1. The Morgan fingerprint density at radius 2 is 2.00 bits per heavy atom. The van der Waals surface area contributed by atoms with E-state index in [-0.39, 0.29) is 0 Å². The summed E-state index contributed by atoms with van der Waals surface area (Å²) in [7, 11) is 0. The van der Waals surface area contributed by atoms with E-state index in [1.54, 1.807) is 0 Å². The predicted octanol–water partition coefficient (Wildman–Crippen LogP) is 3.84. The molecule has 0 aromatic carbocycles. The summed E-state index contributed by atoms with van der Waals surface area (Å²) in [6, 6.07) is 0. The first-order valence-electron chi connectivity index (χ1n) is 5.43. The molecule has 1 heterocycles. The van der Waals surface area contributed by atoms with E-state index in [0.29, 0.717) is 17.1 Å². The van der Waals surface area contributed by atoms with Crippen molar-refractivity contribution < 1.29 is 0 Å². The Morgan fingerprint density at radius 1 is 1.36 bits per heavy atom. The Balaban J connectivity index is 2.30. The Bertz CT molecular complexity index is 311. The van der Waals surface area contributed by atoms with Crippen LogP contribution in [0.3, 0.4) is 0 Å². The molecule has 1 aromatic heterocycles. The van der Waals surface area contributed by atoms with E-state index in [4.69, 9.17) is 11.6 Å². The van der Waals surface area contributed by atoms with Crippen LogP contribution in [-0.4, -0.2) is 9.97 Å². The highest BCUT2D eigenvalue weighted by molar-refractivity contribution is 6.28. The second-order valence-electron chi connectivity index (χ2n) is 4.46. The summed E-state index contributed by atoms with van der Waals surface area (Å²) < 4.78 is 0. The highest BCUT2D eigenvalue weighted by atomic mass is 35.5. The normalized spacial score (nSPS) is 18.3. The van der Waals surface area contributed by atoms with Gasteiger partial charge in [-0.2, -0.15) is 0 Å². The maximum Gasteiger partial charge on any atom is 0.200 e. The van der Waals surface area contributed by atoms with E-state index >= 15 is 0 Å². The van der Waals surface area contributed by atoms with Crippen LogP contribution in [0.15, 0.2) is 0 Å². The summed E-state index contributed by atoms with van der Waals surface area (Å²) in [6.45, 7) is 4.34. The van der Waals surface area contributed by atoms with Gasteiger partial charge in [-0.1, -0.05) is 26.7 Å². The van der Waals surface area contributed by atoms with Crippen molar-refractivity contribution in [1.82, 2.24) is 9.97 Å². The van der Waals surface area contributed by atoms with Crippen molar-refractivity contribution in [3.8, 4) is 0 Å². The van der Waals surface area contributed by atoms with Crippen molar-refractivity contribution in [2.24, 2.45) is 0 Å². The van der Waals surface area contributed by atoms with E-state index in [1.165, 1.54) is 37.1 Å². The molecule has 1 saturated carbocycles. The number of aromatic amines is 1. The van der Waals surface area contributed by atoms with Crippen LogP contribution in [0.2, 0.25) is 5.28 Å². The maximum atomic E-state index is 5.92.